The van der Waals surface area contributed by atoms with Crippen LogP contribution >= 0.6 is 0 Å². The van der Waals surface area contributed by atoms with E-state index in [2.05, 4.69) is 68.7 Å². The molecule has 2 heteroatoms. The molecule has 0 aliphatic carbocycles. The van der Waals surface area contributed by atoms with Gasteiger partial charge in [-0.1, -0.05) is 78.4 Å². The van der Waals surface area contributed by atoms with Crippen molar-refractivity contribution in [2.24, 2.45) is 0 Å². The predicted octanol–water partition coefficient (Wildman–Crippen LogP) is 3.32. The maximum atomic E-state index is 6.28. The zero-order valence-corrected chi connectivity index (χ0v) is 11.9. The minimum absolute atomic E-state index is 0.844. The molecule has 0 atom stereocenters. The largest absolute Gasteiger partial charge is 0.149 e. The highest BCUT2D eigenvalue weighted by Gasteiger charge is 2.09. The first-order chi connectivity index (χ1) is 10.3. The summed E-state index contributed by atoms with van der Waals surface area (Å²) in [6, 6.07) is 21.3. The first-order valence-electron chi connectivity index (χ1n) is 7.21. The minimum atomic E-state index is 0.844. The molecule has 0 N–H and O–H groups in total. The molecule has 0 saturated heterocycles. The Morgan fingerprint density at radius 1 is 0.667 bits per heavy atom. The molecule has 3 radical (unpaired) electrons. The highest BCUT2D eigenvalue weighted by molar-refractivity contribution is 6.57. The van der Waals surface area contributed by atoms with Crippen LogP contribution in [0.25, 0.3) is 32.3 Å². The molecule has 21 heavy (non-hydrogen) atoms. The van der Waals surface area contributed by atoms with Crippen LogP contribution in [-0.2, 0) is 0 Å². The van der Waals surface area contributed by atoms with Crippen LogP contribution in [-0.4, -0.2) is 15.1 Å². The molecule has 0 bridgehead atoms. The van der Waals surface area contributed by atoms with Gasteiger partial charge in [-0.15, -0.1) is 0 Å². The van der Waals surface area contributed by atoms with Crippen LogP contribution in [0.1, 0.15) is 0 Å². The zero-order valence-electron chi connectivity index (χ0n) is 11.9. The maximum absolute atomic E-state index is 6.28. The van der Waals surface area contributed by atoms with Crippen molar-refractivity contribution >= 4 is 58.4 Å². The van der Waals surface area contributed by atoms with E-state index in [1.54, 1.807) is 0 Å². The lowest BCUT2D eigenvalue weighted by molar-refractivity contribution is 1.80. The molecule has 0 aromatic heterocycles. The normalized spacial score (nSPS) is 11.3. The van der Waals surface area contributed by atoms with Gasteiger partial charge in [0.15, 0.2) is 0 Å². The van der Waals surface area contributed by atoms with Gasteiger partial charge in [-0.3, -0.25) is 0 Å². The molecule has 0 fully saturated rings. The molecular formula is C19H13B2. The van der Waals surface area contributed by atoms with E-state index in [0.717, 1.165) is 10.8 Å². The zero-order chi connectivity index (χ0) is 14.4. The van der Waals surface area contributed by atoms with Crippen molar-refractivity contribution in [3.63, 3.8) is 0 Å². The molecule has 4 aromatic carbocycles. The standard InChI is InChI=1S/C19H13B2/c1-21-19-11-17-12-6-2-4-8-14(12)18(20)10-16(17)13-7-3-5-9-15(13)19/h2-11H,1H3. The van der Waals surface area contributed by atoms with E-state index in [1.807, 2.05) is 6.07 Å². The van der Waals surface area contributed by atoms with Crippen molar-refractivity contribution in [3.05, 3.63) is 60.7 Å². The summed E-state index contributed by atoms with van der Waals surface area (Å²) in [5.41, 5.74) is 2.12. The van der Waals surface area contributed by atoms with E-state index in [-0.39, 0.29) is 0 Å². The quantitative estimate of drug-likeness (QED) is 0.365. The Hall–Kier alpha value is -2.21. The van der Waals surface area contributed by atoms with Crippen molar-refractivity contribution in [1.82, 2.24) is 0 Å². The van der Waals surface area contributed by atoms with Gasteiger partial charge in [0.2, 0.25) is 0 Å². The van der Waals surface area contributed by atoms with Gasteiger partial charge in [0.1, 0.15) is 15.1 Å². The molecule has 95 valence electrons. The Kier molecular flexibility index (Phi) is 2.78. The Labute approximate surface area is 126 Å². The second-order valence-corrected chi connectivity index (χ2v) is 5.41. The summed E-state index contributed by atoms with van der Waals surface area (Å²) in [6.07, 6.45) is 0. The van der Waals surface area contributed by atoms with E-state index in [0.29, 0.717) is 0 Å². The van der Waals surface area contributed by atoms with Gasteiger partial charge in [-0.25, -0.2) is 0 Å². The van der Waals surface area contributed by atoms with Crippen LogP contribution in [0, 0.1) is 0 Å². The van der Waals surface area contributed by atoms with Crippen LogP contribution < -0.4 is 10.9 Å². The second-order valence-electron chi connectivity index (χ2n) is 5.41. The summed E-state index contributed by atoms with van der Waals surface area (Å²) in [7, 11) is 8.45. The highest BCUT2D eigenvalue weighted by Crippen LogP contribution is 2.29. The SMILES string of the molecule is [B]c1cc2c3ccccc3c([B]C)cc2c2ccccc12. The molecule has 0 nitrogen and oxygen atoms in total. The van der Waals surface area contributed by atoms with Crippen LogP contribution in [0.5, 0.6) is 0 Å². The predicted molar refractivity (Wildman–Crippen MR) is 95.6 cm³/mol. The monoisotopic (exact) mass is 263 g/mol. The van der Waals surface area contributed by atoms with Crippen molar-refractivity contribution in [3.8, 4) is 0 Å². The Balaban J connectivity index is 2.33. The molecule has 0 heterocycles. The molecule has 4 rings (SSSR count). The Bertz CT molecular complexity index is 987. The molecule has 0 saturated carbocycles. The highest BCUT2D eigenvalue weighted by atomic mass is 14.1. The molecule has 4 aromatic rings. The number of hydrogen-bond donors (Lipinski definition) is 0. The van der Waals surface area contributed by atoms with Crippen LogP contribution in [0.2, 0.25) is 6.82 Å². The van der Waals surface area contributed by atoms with Crippen molar-refractivity contribution in [1.29, 1.82) is 0 Å². The molecule has 0 aliphatic rings. The summed E-state index contributed by atoms with van der Waals surface area (Å²) >= 11 is 0. The van der Waals surface area contributed by atoms with Crippen LogP contribution in [0.4, 0.5) is 0 Å². The van der Waals surface area contributed by atoms with Crippen LogP contribution in [0.15, 0.2) is 60.7 Å². The fourth-order valence-corrected chi connectivity index (χ4v) is 3.25. The van der Waals surface area contributed by atoms with Gasteiger partial charge in [0.05, 0.1) is 0 Å². The van der Waals surface area contributed by atoms with E-state index in [9.17, 15) is 0 Å². The second kappa shape index (κ2) is 4.66. The summed E-state index contributed by atoms with van der Waals surface area (Å²) in [6.45, 7) is 2.09. The van der Waals surface area contributed by atoms with Gasteiger partial charge in [0, 0.05) is 0 Å². The third-order valence-electron chi connectivity index (χ3n) is 4.26. The van der Waals surface area contributed by atoms with Crippen LogP contribution in [0.3, 0.4) is 0 Å². The third-order valence-corrected chi connectivity index (χ3v) is 4.26. The lowest BCUT2D eigenvalue weighted by Crippen LogP contribution is -2.13. The number of fused-ring (bicyclic) bond motifs is 5. The Morgan fingerprint density at radius 2 is 1.19 bits per heavy atom. The summed E-state index contributed by atoms with van der Waals surface area (Å²) in [5.74, 6) is 0. The van der Waals surface area contributed by atoms with Gasteiger partial charge in [0.25, 0.3) is 0 Å². The number of hydrogen-bond acceptors (Lipinski definition) is 0. The fraction of sp³-hybridized carbons (Fsp3) is 0.0526. The van der Waals surface area contributed by atoms with E-state index in [1.165, 1.54) is 32.4 Å². The Morgan fingerprint density at radius 3 is 1.86 bits per heavy atom. The topological polar surface area (TPSA) is 0 Å². The number of rotatable bonds is 1. The summed E-state index contributed by atoms with van der Waals surface area (Å²) in [4.78, 5) is 0. The van der Waals surface area contributed by atoms with Gasteiger partial charge < -0.3 is 0 Å². The minimum Gasteiger partial charge on any atom is -0.0883 e. The number of benzene rings is 4. The van der Waals surface area contributed by atoms with E-state index >= 15 is 0 Å². The average molecular weight is 263 g/mol. The van der Waals surface area contributed by atoms with Crippen molar-refractivity contribution < 1.29 is 0 Å². The first-order valence-corrected chi connectivity index (χ1v) is 7.21. The van der Waals surface area contributed by atoms with E-state index in [4.69, 9.17) is 7.85 Å². The van der Waals surface area contributed by atoms with Gasteiger partial charge in [-0.05, 0) is 32.3 Å². The first kappa shape index (κ1) is 12.5. The lowest BCUT2D eigenvalue weighted by atomic mass is 9.69. The molecule has 0 aliphatic heterocycles. The molecule has 0 unspecified atom stereocenters. The fourth-order valence-electron chi connectivity index (χ4n) is 3.25. The summed E-state index contributed by atoms with van der Waals surface area (Å²) in [5, 5.41) is 7.39. The molecule has 0 amide bonds. The summed E-state index contributed by atoms with van der Waals surface area (Å²) < 4.78 is 0. The van der Waals surface area contributed by atoms with Crippen molar-refractivity contribution in [2.75, 3.05) is 0 Å². The maximum Gasteiger partial charge on any atom is 0.149 e. The average Bonchev–Trinajstić information content (AvgIpc) is 2.55. The van der Waals surface area contributed by atoms with Gasteiger partial charge in [-0.2, -0.15) is 0 Å². The molecule has 0 spiro atoms. The molecular weight excluding hydrogens is 250 g/mol. The van der Waals surface area contributed by atoms with Gasteiger partial charge >= 0.3 is 0 Å². The van der Waals surface area contributed by atoms with E-state index < -0.39 is 0 Å². The lowest BCUT2D eigenvalue weighted by Gasteiger charge is -2.13. The smallest absolute Gasteiger partial charge is 0.0883 e. The third kappa shape index (κ3) is 1.79. The van der Waals surface area contributed by atoms with Crippen molar-refractivity contribution in [2.45, 2.75) is 6.82 Å².